The maximum atomic E-state index is 12.7. The normalized spacial score (nSPS) is 10.2. The smallest absolute Gasteiger partial charge is 0.251 e. The lowest BCUT2D eigenvalue weighted by Gasteiger charge is -2.04. The van der Waals surface area contributed by atoms with E-state index in [1.54, 1.807) is 0 Å². The number of aliphatic hydroxyl groups excluding tert-OH is 1. The van der Waals surface area contributed by atoms with E-state index in [1.165, 1.54) is 0 Å². The van der Waals surface area contributed by atoms with E-state index < -0.39 is 23.4 Å². The minimum atomic E-state index is -1.37. The summed E-state index contributed by atoms with van der Waals surface area (Å²) >= 11 is 0. The van der Waals surface area contributed by atoms with Crippen molar-refractivity contribution in [3.63, 3.8) is 0 Å². The molecule has 0 aliphatic rings. The van der Waals surface area contributed by atoms with Gasteiger partial charge in [-0.3, -0.25) is 0 Å². The molecule has 1 heterocycles. The van der Waals surface area contributed by atoms with E-state index in [-0.39, 0.29) is 13.2 Å². The third-order valence-corrected chi connectivity index (χ3v) is 1.29. The summed E-state index contributed by atoms with van der Waals surface area (Å²) in [6.07, 6.45) is 0. The molecular formula is C7H7F3N2O. The number of pyridine rings is 1. The predicted octanol–water partition coefficient (Wildman–Crippen LogP) is 0.903. The van der Waals surface area contributed by atoms with Gasteiger partial charge in [-0.2, -0.15) is 9.37 Å². The lowest BCUT2D eigenvalue weighted by molar-refractivity contribution is 0.310. The number of halogens is 3. The summed E-state index contributed by atoms with van der Waals surface area (Å²) in [7, 11) is 0. The maximum Gasteiger partial charge on any atom is 0.251 e. The van der Waals surface area contributed by atoms with Gasteiger partial charge in [-0.05, 0) is 0 Å². The van der Waals surface area contributed by atoms with Crippen molar-refractivity contribution in [3.05, 3.63) is 23.6 Å². The highest BCUT2D eigenvalue weighted by atomic mass is 19.2. The summed E-state index contributed by atoms with van der Waals surface area (Å²) in [4.78, 5) is 2.97. The summed E-state index contributed by atoms with van der Waals surface area (Å²) in [6, 6.07) is 0.391. The highest BCUT2D eigenvalue weighted by Crippen LogP contribution is 2.13. The number of nitrogens with one attached hydrogen (secondary N) is 1. The fraction of sp³-hybridized carbons (Fsp3) is 0.286. The first kappa shape index (κ1) is 9.79. The van der Waals surface area contributed by atoms with Crippen LogP contribution in [0, 0.1) is 17.6 Å². The monoisotopic (exact) mass is 192 g/mol. The highest BCUT2D eigenvalue weighted by molar-refractivity contribution is 5.35. The van der Waals surface area contributed by atoms with Gasteiger partial charge in [0.05, 0.1) is 6.61 Å². The number of rotatable bonds is 3. The number of nitrogens with zero attached hydrogens (tertiary/aromatic N) is 1. The van der Waals surface area contributed by atoms with Crippen LogP contribution >= 0.6 is 0 Å². The summed E-state index contributed by atoms with van der Waals surface area (Å²) in [5.74, 6) is -4.12. The Bertz CT molecular complexity index is 306. The van der Waals surface area contributed by atoms with Crippen molar-refractivity contribution in [3.8, 4) is 0 Å². The number of hydrogen-bond donors (Lipinski definition) is 2. The van der Waals surface area contributed by atoms with E-state index in [0.29, 0.717) is 6.07 Å². The van der Waals surface area contributed by atoms with Crippen LogP contribution in [0.1, 0.15) is 0 Å². The number of aromatic nitrogens is 1. The Morgan fingerprint density at radius 2 is 2.00 bits per heavy atom. The van der Waals surface area contributed by atoms with Gasteiger partial charge in [0.1, 0.15) is 0 Å². The third-order valence-electron chi connectivity index (χ3n) is 1.29. The van der Waals surface area contributed by atoms with Crippen molar-refractivity contribution in [2.24, 2.45) is 0 Å². The molecule has 0 spiro atoms. The number of hydrogen-bond acceptors (Lipinski definition) is 3. The molecule has 0 fully saturated rings. The van der Waals surface area contributed by atoms with Crippen LogP contribution in [-0.2, 0) is 0 Å². The molecule has 6 heteroatoms. The van der Waals surface area contributed by atoms with Crippen molar-refractivity contribution in [1.29, 1.82) is 0 Å². The standard InChI is InChI=1S/C7H7F3N2O/c8-4-3-5(9)7(11-1-2-13)12-6(4)10/h3,13H,1-2H2,(H,11,12). The summed E-state index contributed by atoms with van der Waals surface area (Å²) in [6.45, 7) is -0.227. The van der Waals surface area contributed by atoms with Crippen LogP contribution in [0.4, 0.5) is 19.0 Å². The largest absolute Gasteiger partial charge is 0.395 e. The van der Waals surface area contributed by atoms with Gasteiger partial charge >= 0.3 is 0 Å². The van der Waals surface area contributed by atoms with Crippen molar-refractivity contribution in [1.82, 2.24) is 4.98 Å². The SMILES string of the molecule is OCCNc1nc(F)c(F)cc1F. The number of aliphatic hydroxyl groups is 1. The van der Waals surface area contributed by atoms with E-state index in [0.717, 1.165) is 0 Å². The molecule has 0 radical (unpaired) electrons. The van der Waals surface area contributed by atoms with E-state index in [1.807, 2.05) is 0 Å². The Hall–Kier alpha value is -1.30. The molecule has 72 valence electrons. The van der Waals surface area contributed by atoms with Crippen LogP contribution in [0.3, 0.4) is 0 Å². The average Bonchev–Trinajstić information content (AvgIpc) is 2.09. The summed E-state index contributed by atoms with van der Waals surface area (Å²) < 4.78 is 37.5. The lowest BCUT2D eigenvalue weighted by atomic mass is 10.4. The first-order valence-corrected chi connectivity index (χ1v) is 3.51. The van der Waals surface area contributed by atoms with Gasteiger partial charge in [0, 0.05) is 12.6 Å². The molecule has 0 unspecified atom stereocenters. The molecule has 0 atom stereocenters. The van der Waals surface area contributed by atoms with Crippen molar-refractivity contribution in [2.75, 3.05) is 18.5 Å². The van der Waals surface area contributed by atoms with Gasteiger partial charge in [-0.1, -0.05) is 0 Å². The second-order valence-electron chi connectivity index (χ2n) is 2.24. The first-order chi connectivity index (χ1) is 6.15. The molecule has 0 aliphatic carbocycles. The zero-order valence-electron chi connectivity index (χ0n) is 6.52. The van der Waals surface area contributed by atoms with Gasteiger partial charge < -0.3 is 10.4 Å². The molecule has 0 saturated heterocycles. The topological polar surface area (TPSA) is 45.1 Å². The second kappa shape index (κ2) is 4.08. The first-order valence-electron chi connectivity index (χ1n) is 3.51. The predicted molar refractivity (Wildman–Crippen MR) is 39.7 cm³/mol. The summed E-state index contributed by atoms with van der Waals surface area (Å²) in [5, 5.41) is 10.6. The summed E-state index contributed by atoms with van der Waals surface area (Å²) in [5.41, 5.74) is 0. The molecular weight excluding hydrogens is 185 g/mol. The molecule has 1 aromatic heterocycles. The lowest BCUT2D eigenvalue weighted by Crippen LogP contribution is -2.10. The molecule has 0 bridgehead atoms. The average molecular weight is 192 g/mol. The molecule has 3 nitrogen and oxygen atoms in total. The van der Waals surface area contributed by atoms with E-state index in [4.69, 9.17) is 5.11 Å². The van der Waals surface area contributed by atoms with Crippen LogP contribution in [0.25, 0.3) is 0 Å². The van der Waals surface area contributed by atoms with Gasteiger partial charge in [0.2, 0.25) is 0 Å². The van der Waals surface area contributed by atoms with Crippen LogP contribution in [-0.4, -0.2) is 23.2 Å². The van der Waals surface area contributed by atoms with Gasteiger partial charge in [-0.25, -0.2) is 8.78 Å². The minimum absolute atomic E-state index is 0.0228. The Morgan fingerprint density at radius 1 is 1.31 bits per heavy atom. The van der Waals surface area contributed by atoms with Crippen LogP contribution < -0.4 is 5.32 Å². The number of anilines is 1. The molecule has 1 rings (SSSR count). The molecule has 1 aromatic rings. The van der Waals surface area contributed by atoms with E-state index >= 15 is 0 Å². The Kier molecular flexibility index (Phi) is 3.07. The zero-order chi connectivity index (χ0) is 9.84. The molecule has 13 heavy (non-hydrogen) atoms. The van der Waals surface area contributed by atoms with Crippen molar-refractivity contribution < 1.29 is 18.3 Å². The van der Waals surface area contributed by atoms with E-state index in [2.05, 4.69) is 10.3 Å². The Balaban J connectivity index is 2.88. The molecule has 0 saturated carbocycles. The maximum absolute atomic E-state index is 12.7. The fourth-order valence-corrected chi connectivity index (χ4v) is 0.742. The highest BCUT2D eigenvalue weighted by Gasteiger charge is 2.10. The molecule has 0 aromatic carbocycles. The van der Waals surface area contributed by atoms with Crippen LogP contribution in [0.5, 0.6) is 0 Å². The molecule has 0 amide bonds. The molecule has 0 aliphatic heterocycles. The van der Waals surface area contributed by atoms with Crippen LogP contribution in [0.15, 0.2) is 6.07 Å². The quantitative estimate of drug-likeness (QED) is 0.699. The Labute approximate surface area is 72.2 Å². The second-order valence-corrected chi connectivity index (χ2v) is 2.24. The van der Waals surface area contributed by atoms with Gasteiger partial charge in [0.15, 0.2) is 17.5 Å². The zero-order valence-corrected chi connectivity index (χ0v) is 6.52. The van der Waals surface area contributed by atoms with E-state index in [9.17, 15) is 13.2 Å². The van der Waals surface area contributed by atoms with Gasteiger partial charge in [0.25, 0.3) is 5.95 Å². The molecule has 2 N–H and O–H groups in total. The van der Waals surface area contributed by atoms with Gasteiger partial charge in [-0.15, -0.1) is 0 Å². The van der Waals surface area contributed by atoms with Crippen LogP contribution in [0.2, 0.25) is 0 Å². The van der Waals surface area contributed by atoms with Crippen molar-refractivity contribution in [2.45, 2.75) is 0 Å². The minimum Gasteiger partial charge on any atom is -0.395 e. The van der Waals surface area contributed by atoms with Crippen molar-refractivity contribution >= 4 is 5.82 Å². The Morgan fingerprint density at radius 3 is 2.62 bits per heavy atom. The fourth-order valence-electron chi connectivity index (χ4n) is 0.742. The third kappa shape index (κ3) is 2.32.